The van der Waals surface area contributed by atoms with Gasteiger partial charge in [-0.15, -0.1) is 0 Å². The van der Waals surface area contributed by atoms with Crippen LogP contribution >= 0.6 is 0 Å². The number of unbranched alkanes of at least 4 members (excludes halogenated alkanes) is 2. The van der Waals surface area contributed by atoms with Crippen LogP contribution in [0.5, 0.6) is 0 Å². The van der Waals surface area contributed by atoms with E-state index < -0.39 is 86.8 Å². The zero-order valence-electron chi connectivity index (χ0n) is 45.5. The van der Waals surface area contributed by atoms with E-state index in [2.05, 4.69) is 5.43 Å². The zero-order chi connectivity index (χ0) is 60.5. The highest BCUT2D eigenvalue weighted by Crippen LogP contribution is 2.54. The Morgan fingerprint density at radius 2 is 1.16 bits per heavy atom. The van der Waals surface area contributed by atoms with Crippen molar-refractivity contribution in [1.29, 1.82) is 0 Å². The van der Waals surface area contributed by atoms with E-state index in [-0.39, 0.29) is 92.7 Å². The number of nitrogens with zero attached hydrogens (tertiary/aromatic N) is 2. The minimum atomic E-state index is -5.12. The molecule has 0 spiro atoms. The first-order valence-electron chi connectivity index (χ1n) is 25.7. The second-order valence-corrected chi connectivity index (χ2v) is 27.0. The molecule has 30 heteroatoms. The van der Waals surface area contributed by atoms with Gasteiger partial charge < -0.3 is 28.6 Å². The molecule has 2 aliphatic heterocycles. The van der Waals surface area contributed by atoms with Crippen molar-refractivity contribution in [2.24, 2.45) is 5.84 Å². The number of benzene rings is 4. The Balaban J connectivity index is 1.51. The molecule has 4 aromatic rings. The number of fused-ring (bicyclic) bond motifs is 6. The van der Waals surface area contributed by atoms with Crippen molar-refractivity contribution in [3.8, 4) is 0 Å². The Bertz CT molecular complexity index is 3760. The summed E-state index contributed by atoms with van der Waals surface area (Å²) in [7, 11) is -21.9. The number of hydrogen-bond donors (Lipinski definition) is 7. The van der Waals surface area contributed by atoms with E-state index in [1.165, 1.54) is 19.2 Å². The van der Waals surface area contributed by atoms with Gasteiger partial charge >= 0.3 is 0 Å². The maximum atomic E-state index is 12.9. The average molecular weight is 1250 g/mol. The van der Waals surface area contributed by atoms with Crippen molar-refractivity contribution in [2.75, 3.05) is 90.8 Å². The molecule has 0 aromatic heterocycles. The molecule has 4 aromatic carbocycles. The largest absolute Gasteiger partial charge is 0.382 e. The van der Waals surface area contributed by atoms with Gasteiger partial charge in [-0.2, -0.15) is 46.7 Å². The number of nitrogens with two attached hydrogens (primary N) is 1. The Morgan fingerprint density at radius 1 is 0.610 bits per heavy atom. The predicted octanol–water partition coefficient (Wildman–Crippen LogP) is 5.06. The summed E-state index contributed by atoms with van der Waals surface area (Å²) in [6.07, 6.45) is 10.1. The Hall–Kier alpha value is -5.13. The molecule has 2 aliphatic rings. The van der Waals surface area contributed by atoms with E-state index in [1.807, 2.05) is 11.8 Å². The lowest BCUT2D eigenvalue weighted by molar-refractivity contribution is -0.441. The normalized spacial score (nSPS) is 18.5. The molecule has 1 amide bonds. The van der Waals surface area contributed by atoms with Gasteiger partial charge in [-0.3, -0.25) is 33.0 Å². The minimum Gasteiger partial charge on any atom is -0.382 e. The molecule has 2 atom stereocenters. The van der Waals surface area contributed by atoms with Gasteiger partial charge in [-0.05, 0) is 105 Å². The number of ether oxygens (including phenoxy) is 5. The molecule has 0 bridgehead atoms. The Kier molecular flexibility index (Phi) is 22.0. The van der Waals surface area contributed by atoms with E-state index in [9.17, 15) is 69.6 Å². The van der Waals surface area contributed by atoms with Gasteiger partial charge in [0.25, 0.3) is 50.6 Å². The fourth-order valence-electron chi connectivity index (χ4n) is 10.6. The zero-order valence-corrected chi connectivity index (χ0v) is 49.6. The third-order valence-electron chi connectivity index (χ3n) is 14.3. The monoisotopic (exact) mass is 1250 g/mol. The molecule has 0 radical (unpaired) electrons. The number of carbonyl (C=O) groups is 1. The van der Waals surface area contributed by atoms with Crippen LogP contribution in [0.2, 0.25) is 0 Å². The first kappa shape index (κ1) is 66.0. The lowest BCUT2D eigenvalue weighted by atomic mass is 9.74. The maximum absolute atomic E-state index is 12.9. The smallest absolute Gasteiger partial charge is 0.295 e. The second kappa shape index (κ2) is 27.3. The van der Waals surface area contributed by atoms with Gasteiger partial charge in [-0.1, -0.05) is 30.7 Å². The highest BCUT2D eigenvalue weighted by Gasteiger charge is 2.49. The molecular formula is C52H69N4O21S5+. The van der Waals surface area contributed by atoms with Gasteiger partial charge in [0, 0.05) is 79.1 Å². The number of allylic oxidation sites excluding steroid dienone is 6. The summed E-state index contributed by atoms with van der Waals surface area (Å²) in [5.41, 5.74) is 2.38. The van der Waals surface area contributed by atoms with E-state index >= 15 is 0 Å². The van der Waals surface area contributed by atoms with Crippen molar-refractivity contribution in [2.45, 2.75) is 89.2 Å². The molecule has 452 valence electrons. The number of nitrogens with one attached hydrogen (secondary N) is 1. The van der Waals surface area contributed by atoms with E-state index in [0.717, 1.165) is 12.1 Å². The molecule has 2 heterocycles. The van der Waals surface area contributed by atoms with Crippen molar-refractivity contribution in [3.05, 3.63) is 95.7 Å². The number of hydrazine groups is 1. The average Bonchev–Trinajstić information content (AvgIpc) is 2.51. The van der Waals surface area contributed by atoms with Gasteiger partial charge in [0.05, 0.1) is 60.6 Å². The number of carbonyl (C=O) groups excluding carboxylic acids is 1. The van der Waals surface area contributed by atoms with Crippen molar-refractivity contribution in [1.82, 2.24) is 5.43 Å². The summed E-state index contributed by atoms with van der Waals surface area (Å²) in [6, 6.07) is 9.47. The molecule has 0 fully saturated rings. The van der Waals surface area contributed by atoms with Crippen molar-refractivity contribution in [3.63, 3.8) is 0 Å². The number of rotatable bonds is 32. The van der Waals surface area contributed by atoms with E-state index in [4.69, 9.17) is 29.5 Å². The fraction of sp³-hybridized carbons (Fsp3) is 0.462. The summed E-state index contributed by atoms with van der Waals surface area (Å²) in [6.45, 7) is 5.96. The Morgan fingerprint density at radius 3 is 1.70 bits per heavy atom. The quantitative estimate of drug-likeness (QED) is 0.00639. The number of methoxy groups -OCH3 is 2. The first-order valence-corrected chi connectivity index (χ1v) is 33.1. The second-order valence-electron chi connectivity index (χ2n) is 19.8. The van der Waals surface area contributed by atoms with Crippen LogP contribution in [-0.2, 0) is 89.9 Å². The highest BCUT2D eigenvalue weighted by molar-refractivity contribution is 7.87. The van der Waals surface area contributed by atoms with Crippen LogP contribution in [0.4, 0.5) is 11.4 Å². The number of anilines is 1. The third kappa shape index (κ3) is 15.8. The molecule has 0 saturated carbocycles. The minimum absolute atomic E-state index is 0.0108. The summed E-state index contributed by atoms with van der Waals surface area (Å²) < 4.78 is 207. The topological polar surface area (TPSA) is 379 Å². The molecule has 0 aliphatic carbocycles. The van der Waals surface area contributed by atoms with Crippen molar-refractivity contribution < 1.29 is 97.9 Å². The van der Waals surface area contributed by atoms with Crippen LogP contribution < -0.4 is 16.2 Å². The van der Waals surface area contributed by atoms with Crippen LogP contribution in [0.1, 0.15) is 69.9 Å². The molecule has 6 rings (SSSR count). The fourth-order valence-corrected chi connectivity index (χ4v) is 13.8. The van der Waals surface area contributed by atoms with Gasteiger partial charge in [-0.25, -0.2) is 5.84 Å². The summed E-state index contributed by atoms with van der Waals surface area (Å²) in [4.78, 5) is 10.8. The van der Waals surface area contributed by atoms with Crippen LogP contribution in [0.3, 0.4) is 0 Å². The summed E-state index contributed by atoms with van der Waals surface area (Å²) >= 11 is 0. The van der Waals surface area contributed by atoms with Gasteiger partial charge in [0.15, 0.2) is 12.3 Å². The molecular weight excluding hydrogens is 1180 g/mol. The predicted molar refractivity (Wildman–Crippen MR) is 303 cm³/mol. The SMILES string of the molecule is COCCOCCOCCOCCC1(C)\C(=C/C=C/C=C/C2=[N+](CCOC)c3ccc4c(S(=O)(=O)O)cc(S(=O)(=O)O)cc4c3C2(C)CCCS(=O)(=O)O)N(CCCCCC(=O)NN)c2ccc3c(S(=O)(=O)O)cc(S(=O)(=O)O)cc3c21. The van der Waals surface area contributed by atoms with Crippen LogP contribution in [0.25, 0.3) is 21.5 Å². The third-order valence-corrected chi connectivity index (χ3v) is 18.6. The van der Waals surface area contributed by atoms with Crippen LogP contribution in [0, 0.1) is 0 Å². The maximum Gasteiger partial charge on any atom is 0.295 e. The van der Waals surface area contributed by atoms with Gasteiger partial charge in [0.2, 0.25) is 11.6 Å². The molecule has 8 N–H and O–H groups in total. The highest BCUT2D eigenvalue weighted by atomic mass is 32.2. The Labute approximate surface area is 477 Å². The standard InChI is InChI=1S/C52H68N4O21S5/c1-51(19-11-31-78(58,59)60)46(56(22-24-73-3)43-18-16-38-40(49(43)51)32-36(79(61,62)63)34-44(38)81(67,68)69)12-7-5-8-13-47-52(2,20-23-75-27-28-77-30-29-76-26-25-74-4)50-41-33-37(80(64,65)66)35-45(82(70,71)72)39(41)15-17-42(50)55(47)21-10-6-9-14-48(57)54-53/h5,7-8,12-13,15-18,32-35H,6,9-11,14,19-31,53H2,1-4H3,(H5-,54,57,58,59,60,61,62,63,64,65,66,67,68,69,70,71,72)/p+1. The molecule has 82 heavy (non-hydrogen) atoms. The van der Waals surface area contributed by atoms with Crippen molar-refractivity contribution >= 4 is 95.1 Å². The molecule has 0 saturated heterocycles. The van der Waals surface area contributed by atoms with E-state index in [1.54, 1.807) is 61.1 Å². The molecule has 25 nitrogen and oxygen atoms in total. The lowest BCUT2D eigenvalue weighted by Crippen LogP contribution is -2.32. The number of amides is 1. The summed E-state index contributed by atoms with van der Waals surface area (Å²) in [5, 5.41) is -0.0853. The van der Waals surface area contributed by atoms with Gasteiger partial charge in [0.1, 0.15) is 16.4 Å². The van der Waals surface area contributed by atoms with Crippen LogP contribution in [0.15, 0.2) is 104 Å². The van der Waals surface area contributed by atoms with E-state index in [0.29, 0.717) is 91.7 Å². The van der Waals surface area contributed by atoms with Crippen LogP contribution in [-0.4, -0.2) is 167 Å². The summed E-state index contributed by atoms with van der Waals surface area (Å²) in [5.74, 6) is 4.26. The lowest BCUT2D eigenvalue weighted by Gasteiger charge is -2.31. The number of hydrogen-bond acceptors (Lipinski definition) is 18. The molecule has 2 unspecified atom stereocenters. The first-order chi connectivity index (χ1) is 38.4.